The van der Waals surface area contributed by atoms with E-state index in [-0.39, 0.29) is 11.3 Å². The zero-order chi connectivity index (χ0) is 18.2. The highest BCUT2D eigenvalue weighted by atomic mass is 19.1. The number of rotatable bonds is 6. The predicted octanol–water partition coefficient (Wildman–Crippen LogP) is 3.25. The van der Waals surface area contributed by atoms with Crippen LogP contribution in [0, 0.1) is 5.82 Å². The molecule has 0 atom stereocenters. The molecule has 0 spiro atoms. The number of hydrogen-bond donors (Lipinski definition) is 2. The first-order valence-corrected chi connectivity index (χ1v) is 7.31. The lowest BCUT2D eigenvalue weighted by Crippen LogP contribution is -2.14. The van der Waals surface area contributed by atoms with Crippen molar-refractivity contribution in [3.63, 3.8) is 0 Å². The Morgan fingerprint density at radius 2 is 1.80 bits per heavy atom. The van der Waals surface area contributed by atoms with Gasteiger partial charge in [0.1, 0.15) is 11.6 Å². The summed E-state index contributed by atoms with van der Waals surface area (Å²) in [5.41, 5.74) is 2.59. The smallest absolute Gasteiger partial charge is 0.267 e. The van der Waals surface area contributed by atoms with E-state index in [0.29, 0.717) is 16.9 Å². The SMILES string of the molecule is COc1ccc(C(=O)C=Cc2ccc(C=CC(=O)NO)cc2F)cc1. The van der Waals surface area contributed by atoms with Crippen molar-refractivity contribution >= 4 is 23.8 Å². The number of methoxy groups -OCH3 is 1. The molecule has 0 fully saturated rings. The van der Waals surface area contributed by atoms with Crippen molar-refractivity contribution in [1.82, 2.24) is 5.48 Å². The Bertz CT molecular complexity index is 826. The number of amides is 1. The number of carbonyl (C=O) groups is 2. The van der Waals surface area contributed by atoms with Gasteiger partial charge in [0.2, 0.25) is 0 Å². The summed E-state index contributed by atoms with van der Waals surface area (Å²) in [6.07, 6.45) is 5.09. The van der Waals surface area contributed by atoms with E-state index in [1.54, 1.807) is 30.3 Å². The molecule has 0 aliphatic carbocycles. The topological polar surface area (TPSA) is 75.6 Å². The van der Waals surface area contributed by atoms with Crippen LogP contribution in [-0.4, -0.2) is 24.0 Å². The number of allylic oxidation sites excluding steroid dienone is 1. The highest BCUT2D eigenvalue weighted by Crippen LogP contribution is 2.15. The molecular weight excluding hydrogens is 325 g/mol. The maximum atomic E-state index is 14.0. The molecule has 0 unspecified atom stereocenters. The van der Waals surface area contributed by atoms with Crippen molar-refractivity contribution in [3.8, 4) is 5.75 Å². The number of nitrogens with one attached hydrogen (secondary N) is 1. The van der Waals surface area contributed by atoms with E-state index >= 15 is 0 Å². The molecular formula is C19H16FNO4. The second-order valence-corrected chi connectivity index (χ2v) is 5.02. The lowest BCUT2D eigenvalue weighted by atomic mass is 10.1. The van der Waals surface area contributed by atoms with Gasteiger partial charge in [0.25, 0.3) is 5.91 Å². The van der Waals surface area contributed by atoms with E-state index in [1.165, 1.54) is 43.0 Å². The molecule has 0 bridgehead atoms. The minimum Gasteiger partial charge on any atom is -0.497 e. The number of halogens is 1. The van der Waals surface area contributed by atoms with Crippen molar-refractivity contribution in [2.75, 3.05) is 7.11 Å². The molecule has 2 rings (SSSR count). The molecule has 2 aromatic carbocycles. The summed E-state index contributed by atoms with van der Waals surface area (Å²) in [5, 5.41) is 8.38. The van der Waals surface area contributed by atoms with E-state index in [4.69, 9.17) is 9.94 Å². The fourth-order valence-corrected chi connectivity index (χ4v) is 2.01. The van der Waals surface area contributed by atoms with Crippen LogP contribution in [0.25, 0.3) is 12.2 Å². The number of hydroxylamine groups is 1. The standard InChI is InChI=1S/C19H16FNO4/c1-25-16-8-5-15(6-9-16)18(22)10-7-14-4-2-13(12-17(14)20)3-11-19(23)21-24/h2-12,24H,1H3,(H,21,23). The molecule has 128 valence electrons. The van der Waals surface area contributed by atoms with Gasteiger partial charge in [-0.3, -0.25) is 14.8 Å². The van der Waals surface area contributed by atoms with Crippen LogP contribution in [0.2, 0.25) is 0 Å². The number of benzene rings is 2. The van der Waals surface area contributed by atoms with Crippen LogP contribution < -0.4 is 10.2 Å². The lowest BCUT2D eigenvalue weighted by Gasteiger charge is -2.01. The molecule has 5 nitrogen and oxygen atoms in total. The molecule has 1 amide bonds. The highest BCUT2D eigenvalue weighted by molar-refractivity contribution is 6.06. The third-order valence-electron chi connectivity index (χ3n) is 3.35. The largest absolute Gasteiger partial charge is 0.497 e. The van der Waals surface area contributed by atoms with Gasteiger partial charge in [0.05, 0.1) is 7.11 Å². The summed E-state index contributed by atoms with van der Waals surface area (Å²) in [6, 6.07) is 10.9. The second-order valence-electron chi connectivity index (χ2n) is 5.02. The van der Waals surface area contributed by atoms with Gasteiger partial charge in [-0.1, -0.05) is 12.1 Å². The first kappa shape index (κ1) is 18.1. The minimum absolute atomic E-state index is 0.241. The van der Waals surface area contributed by atoms with Gasteiger partial charge >= 0.3 is 0 Å². The highest BCUT2D eigenvalue weighted by Gasteiger charge is 2.04. The zero-order valence-corrected chi connectivity index (χ0v) is 13.4. The lowest BCUT2D eigenvalue weighted by molar-refractivity contribution is -0.124. The zero-order valence-electron chi connectivity index (χ0n) is 13.4. The Kier molecular flexibility index (Phi) is 6.20. The van der Waals surface area contributed by atoms with E-state index in [2.05, 4.69) is 0 Å². The van der Waals surface area contributed by atoms with E-state index in [9.17, 15) is 14.0 Å². The molecule has 0 heterocycles. The molecule has 0 aromatic heterocycles. The fraction of sp³-hybridized carbons (Fsp3) is 0.0526. The average molecular weight is 341 g/mol. The number of hydrogen-bond acceptors (Lipinski definition) is 4. The predicted molar refractivity (Wildman–Crippen MR) is 91.7 cm³/mol. The molecule has 0 aliphatic heterocycles. The van der Waals surface area contributed by atoms with Gasteiger partial charge in [-0.15, -0.1) is 0 Å². The summed E-state index contributed by atoms with van der Waals surface area (Å²) in [7, 11) is 1.54. The molecule has 25 heavy (non-hydrogen) atoms. The van der Waals surface area contributed by atoms with E-state index in [1.807, 2.05) is 0 Å². The first-order valence-electron chi connectivity index (χ1n) is 7.31. The number of ether oxygens (including phenoxy) is 1. The number of ketones is 1. The third-order valence-corrected chi connectivity index (χ3v) is 3.35. The molecule has 6 heteroatoms. The van der Waals surface area contributed by atoms with Crippen molar-refractivity contribution in [2.45, 2.75) is 0 Å². The van der Waals surface area contributed by atoms with Crippen molar-refractivity contribution in [2.24, 2.45) is 0 Å². The maximum Gasteiger partial charge on any atom is 0.267 e. The van der Waals surface area contributed by atoms with Crippen LogP contribution in [0.15, 0.2) is 54.6 Å². The van der Waals surface area contributed by atoms with Crippen LogP contribution in [-0.2, 0) is 4.79 Å². The maximum absolute atomic E-state index is 14.0. The van der Waals surface area contributed by atoms with Crippen LogP contribution in [0.5, 0.6) is 5.75 Å². The van der Waals surface area contributed by atoms with Crippen molar-refractivity contribution < 1.29 is 23.9 Å². The van der Waals surface area contributed by atoms with Gasteiger partial charge in [0, 0.05) is 17.2 Å². The Hall–Kier alpha value is -3.25. The molecule has 0 saturated carbocycles. The Morgan fingerprint density at radius 1 is 1.08 bits per heavy atom. The fourth-order valence-electron chi connectivity index (χ4n) is 2.01. The summed E-state index contributed by atoms with van der Waals surface area (Å²) >= 11 is 0. The second kappa shape index (κ2) is 8.56. The molecule has 0 saturated heterocycles. The Balaban J connectivity index is 2.10. The first-order chi connectivity index (χ1) is 12.0. The van der Waals surface area contributed by atoms with Crippen LogP contribution in [0.4, 0.5) is 4.39 Å². The molecule has 0 radical (unpaired) electrons. The Morgan fingerprint density at radius 3 is 2.40 bits per heavy atom. The molecule has 2 N–H and O–H groups in total. The van der Waals surface area contributed by atoms with Gasteiger partial charge in [-0.05, 0) is 54.1 Å². The summed E-state index contributed by atoms with van der Waals surface area (Å²) in [6.45, 7) is 0. The molecule has 0 aliphatic rings. The van der Waals surface area contributed by atoms with Gasteiger partial charge < -0.3 is 4.74 Å². The van der Waals surface area contributed by atoms with Crippen LogP contribution >= 0.6 is 0 Å². The van der Waals surface area contributed by atoms with Crippen molar-refractivity contribution in [1.29, 1.82) is 0 Å². The molecule has 2 aromatic rings. The van der Waals surface area contributed by atoms with E-state index in [0.717, 1.165) is 6.08 Å². The third kappa shape index (κ3) is 5.12. The quantitative estimate of drug-likeness (QED) is 0.366. The minimum atomic E-state index is -0.713. The normalized spacial score (nSPS) is 11.0. The monoisotopic (exact) mass is 341 g/mol. The van der Waals surface area contributed by atoms with E-state index < -0.39 is 11.7 Å². The van der Waals surface area contributed by atoms with Gasteiger partial charge in [0.15, 0.2) is 5.78 Å². The Labute approximate surface area is 144 Å². The van der Waals surface area contributed by atoms with Gasteiger partial charge in [-0.2, -0.15) is 0 Å². The van der Waals surface area contributed by atoms with Crippen LogP contribution in [0.1, 0.15) is 21.5 Å². The van der Waals surface area contributed by atoms with Gasteiger partial charge in [-0.25, -0.2) is 9.87 Å². The summed E-state index contributed by atoms with van der Waals surface area (Å²) in [4.78, 5) is 23.0. The average Bonchev–Trinajstić information content (AvgIpc) is 2.65. The summed E-state index contributed by atoms with van der Waals surface area (Å²) in [5.74, 6) is -0.865. The summed E-state index contributed by atoms with van der Waals surface area (Å²) < 4.78 is 19.1. The van der Waals surface area contributed by atoms with Crippen LogP contribution in [0.3, 0.4) is 0 Å². The number of carbonyl (C=O) groups excluding carboxylic acids is 2. The van der Waals surface area contributed by atoms with Crippen molar-refractivity contribution in [3.05, 3.63) is 77.1 Å².